The van der Waals surface area contributed by atoms with Crippen molar-refractivity contribution in [3.8, 4) is 0 Å². The number of anilines is 1. The van der Waals surface area contributed by atoms with Gasteiger partial charge in [-0.25, -0.2) is 0 Å². The predicted molar refractivity (Wildman–Crippen MR) is 37.2 cm³/mol. The average molecular weight is 156 g/mol. The SMILES string of the molecule is C[C@H](Nc1ccno1)C(=O)O. The van der Waals surface area contributed by atoms with Crippen molar-refractivity contribution in [2.24, 2.45) is 0 Å². The number of carbonyl (C=O) groups is 1. The third kappa shape index (κ3) is 1.96. The molecule has 0 fully saturated rings. The summed E-state index contributed by atoms with van der Waals surface area (Å²) >= 11 is 0. The van der Waals surface area contributed by atoms with Gasteiger partial charge in [-0.15, -0.1) is 0 Å². The molecule has 0 aromatic carbocycles. The Hall–Kier alpha value is -1.52. The normalized spacial score (nSPS) is 12.5. The molecule has 0 bridgehead atoms. The Morgan fingerprint density at radius 2 is 2.64 bits per heavy atom. The lowest BCUT2D eigenvalue weighted by molar-refractivity contribution is -0.137. The van der Waals surface area contributed by atoms with Crippen LogP contribution in [0.25, 0.3) is 0 Å². The molecule has 5 heteroatoms. The minimum Gasteiger partial charge on any atom is -0.480 e. The molecule has 1 heterocycles. The van der Waals surface area contributed by atoms with E-state index in [2.05, 4.69) is 15.0 Å². The molecule has 0 radical (unpaired) electrons. The van der Waals surface area contributed by atoms with Gasteiger partial charge in [-0.05, 0) is 6.92 Å². The van der Waals surface area contributed by atoms with Crippen molar-refractivity contribution in [3.05, 3.63) is 12.3 Å². The van der Waals surface area contributed by atoms with Gasteiger partial charge in [0.05, 0.1) is 6.20 Å². The zero-order chi connectivity index (χ0) is 8.27. The predicted octanol–water partition coefficient (Wildman–Crippen LogP) is 0.560. The van der Waals surface area contributed by atoms with Gasteiger partial charge >= 0.3 is 5.97 Å². The highest BCUT2D eigenvalue weighted by Crippen LogP contribution is 2.05. The highest BCUT2D eigenvalue weighted by molar-refractivity contribution is 5.75. The second-order valence-corrected chi connectivity index (χ2v) is 2.08. The molecular weight excluding hydrogens is 148 g/mol. The Bertz CT molecular complexity index is 232. The molecule has 5 nitrogen and oxygen atoms in total. The maximum Gasteiger partial charge on any atom is 0.325 e. The fraction of sp³-hybridized carbons (Fsp3) is 0.333. The zero-order valence-electron chi connectivity index (χ0n) is 5.94. The van der Waals surface area contributed by atoms with Gasteiger partial charge in [0.25, 0.3) is 0 Å². The number of nitrogens with zero attached hydrogens (tertiary/aromatic N) is 1. The van der Waals surface area contributed by atoms with Crippen LogP contribution in [0.5, 0.6) is 0 Å². The largest absolute Gasteiger partial charge is 0.480 e. The maximum atomic E-state index is 10.3. The Kier molecular flexibility index (Phi) is 2.10. The van der Waals surface area contributed by atoms with Crippen molar-refractivity contribution >= 4 is 11.9 Å². The summed E-state index contributed by atoms with van der Waals surface area (Å²) < 4.78 is 4.63. The number of hydrogen-bond acceptors (Lipinski definition) is 4. The van der Waals surface area contributed by atoms with E-state index in [9.17, 15) is 4.79 Å². The molecule has 0 aliphatic rings. The standard InChI is InChI=1S/C6H8N2O3/c1-4(6(9)10)8-5-2-3-7-11-5/h2-4,8H,1H3,(H,9,10)/t4-/m0/s1. The molecule has 1 atom stereocenters. The van der Waals surface area contributed by atoms with Crippen LogP contribution in [0.3, 0.4) is 0 Å². The molecule has 11 heavy (non-hydrogen) atoms. The Labute approximate surface area is 63.0 Å². The van der Waals surface area contributed by atoms with Gasteiger partial charge in [-0.3, -0.25) is 4.79 Å². The molecule has 0 aliphatic heterocycles. The van der Waals surface area contributed by atoms with Crippen LogP contribution in [0, 0.1) is 0 Å². The second-order valence-electron chi connectivity index (χ2n) is 2.08. The van der Waals surface area contributed by atoms with Crippen molar-refractivity contribution in [1.82, 2.24) is 5.16 Å². The van der Waals surface area contributed by atoms with Crippen LogP contribution in [0.4, 0.5) is 5.88 Å². The first-order valence-electron chi connectivity index (χ1n) is 3.10. The van der Waals surface area contributed by atoms with Crippen molar-refractivity contribution in [3.63, 3.8) is 0 Å². The minimum absolute atomic E-state index is 0.361. The second kappa shape index (κ2) is 3.05. The smallest absolute Gasteiger partial charge is 0.325 e. The highest BCUT2D eigenvalue weighted by atomic mass is 16.5. The summed E-state index contributed by atoms with van der Waals surface area (Å²) in [5.41, 5.74) is 0. The summed E-state index contributed by atoms with van der Waals surface area (Å²) in [6.07, 6.45) is 1.44. The average Bonchev–Trinajstić information content (AvgIpc) is 2.39. The van der Waals surface area contributed by atoms with Crippen LogP contribution in [-0.2, 0) is 4.79 Å². The Morgan fingerprint density at radius 3 is 3.09 bits per heavy atom. The molecule has 0 aliphatic carbocycles. The van der Waals surface area contributed by atoms with Crippen LogP contribution in [0.2, 0.25) is 0 Å². The summed E-state index contributed by atoms with van der Waals surface area (Å²) in [6.45, 7) is 1.52. The lowest BCUT2D eigenvalue weighted by Gasteiger charge is -2.04. The van der Waals surface area contributed by atoms with Gasteiger partial charge in [0.2, 0.25) is 5.88 Å². The van der Waals surface area contributed by atoms with Crippen LogP contribution in [0.1, 0.15) is 6.92 Å². The number of hydrogen-bond donors (Lipinski definition) is 2. The number of nitrogens with one attached hydrogen (secondary N) is 1. The topological polar surface area (TPSA) is 75.4 Å². The summed E-state index contributed by atoms with van der Waals surface area (Å²) in [5, 5.41) is 14.5. The molecule has 0 amide bonds. The van der Waals surface area contributed by atoms with E-state index in [0.717, 1.165) is 0 Å². The molecule has 0 saturated carbocycles. The van der Waals surface area contributed by atoms with E-state index in [4.69, 9.17) is 5.11 Å². The van der Waals surface area contributed by atoms with Crippen LogP contribution >= 0.6 is 0 Å². The fourth-order valence-corrected chi connectivity index (χ4v) is 0.565. The first-order valence-corrected chi connectivity index (χ1v) is 3.10. The first-order chi connectivity index (χ1) is 5.20. The molecule has 1 aromatic rings. The van der Waals surface area contributed by atoms with E-state index in [-0.39, 0.29) is 0 Å². The molecule has 2 N–H and O–H groups in total. The van der Waals surface area contributed by atoms with E-state index in [1.54, 1.807) is 6.07 Å². The van der Waals surface area contributed by atoms with Crippen molar-refractivity contribution in [2.75, 3.05) is 5.32 Å². The Balaban J connectivity index is 2.50. The lowest BCUT2D eigenvalue weighted by Crippen LogP contribution is -2.24. The number of rotatable bonds is 3. The number of aliphatic carboxylic acids is 1. The third-order valence-corrected chi connectivity index (χ3v) is 1.17. The molecule has 60 valence electrons. The zero-order valence-corrected chi connectivity index (χ0v) is 5.94. The van der Waals surface area contributed by atoms with E-state index in [1.165, 1.54) is 13.1 Å². The molecule has 0 saturated heterocycles. The minimum atomic E-state index is -0.929. The van der Waals surface area contributed by atoms with E-state index >= 15 is 0 Å². The van der Waals surface area contributed by atoms with Crippen LogP contribution < -0.4 is 5.32 Å². The van der Waals surface area contributed by atoms with Crippen molar-refractivity contribution in [1.29, 1.82) is 0 Å². The summed E-state index contributed by atoms with van der Waals surface area (Å²) in [7, 11) is 0. The number of aromatic nitrogens is 1. The monoisotopic (exact) mass is 156 g/mol. The maximum absolute atomic E-state index is 10.3. The highest BCUT2D eigenvalue weighted by Gasteiger charge is 2.10. The fourth-order valence-electron chi connectivity index (χ4n) is 0.565. The summed E-state index contributed by atoms with van der Waals surface area (Å²) in [4.78, 5) is 10.3. The van der Waals surface area contributed by atoms with Gasteiger partial charge < -0.3 is 14.9 Å². The molecular formula is C6H8N2O3. The van der Waals surface area contributed by atoms with Gasteiger partial charge in [-0.2, -0.15) is 0 Å². The molecule has 1 aromatic heterocycles. The van der Waals surface area contributed by atoms with Gasteiger partial charge in [0.15, 0.2) is 0 Å². The first kappa shape index (κ1) is 7.59. The summed E-state index contributed by atoms with van der Waals surface area (Å²) in [6, 6.07) is 0.891. The summed E-state index contributed by atoms with van der Waals surface area (Å²) in [5.74, 6) is -0.568. The van der Waals surface area contributed by atoms with Crippen molar-refractivity contribution in [2.45, 2.75) is 13.0 Å². The van der Waals surface area contributed by atoms with Crippen LogP contribution in [-0.4, -0.2) is 22.3 Å². The molecule has 1 rings (SSSR count). The lowest BCUT2D eigenvalue weighted by atomic mass is 10.3. The van der Waals surface area contributed by atoms with Gasteiger partial charge in [0.1, 0.15) is 6.04 Å². The number of carboxylic acids is 1. The van der Waals surface area contributed by atoms with Crippen molar-refractivity contribution < 1.29 is 14.4 Å². The van der Waals surface area contributed by atoms with E-state index < -0.39 is 12.0 Å². The van der Waals surface area contributed by atoms with Gasteiger partial charge in [0, 0.05) is 6.07 Å². The molecule has 0 unspecified atom stereocenters. The van der Waals surface area contributed by atoms with E-state index in [1.807, 2.05) is 0 Å². The Morgan fingerprint density at radius 1 is 1.91 bits per heavy atom. The third-order valence-electron chi connectivity index (χ3n) is 1.17. The number of carboxylic acid groups (broad SMARTS) is 1. The quantitative estimate of drug-likeness (QED) is 0.668. The van der Waals surface area contributed by atoms with Gasteiger partial charge in [-0.1, -0.05) is 5.16 Å². The van der Waals surface area contributed by atoms with Crippen LogP contribution in [0.15, 0.2) is 16.8 Å². The van der Waals surface area contributed by atoms with E-state index in [0.29, 0.717) is 5.88 Å². The molecule has 0 spiro atoms.